The highest BCUT2D eigenvalue weighted by Gasteiger charge is 2.20. The van der Waals surface area contributed by atoms with Crippen LogP contribution in [0.25, 0.3) is 0 Å². The van der Waals surface area contributed by atoms with E-state index in [1.54, 1.807) is 0 Å². The van der Waals surface area contributed by atoms with E-state index in [0.29, 0.717) is 0 Å². The highest BCUT2D eigenvalue weighted by Crippen LogP contribution is 2.29. The predicted octanol–water partition coefficient (Wildman–Crippen LogP) is 2.02. The molecule has 1 aromatic carbocycles. The van der Waals surface area contributed by atoms with Gasteiger partial charge in [-0.25, -0.2) is 17.9 Å². The van der Waals surface area contributed by atoms with Crippen molar-refractivity contribution in [2.75, 3.05) is 0 Å². The summed E-state index contributed by atoms with van der Waals surface area (Å²) < 4.78 is 35.2. The molecule has 0 aliphatic heterocycles. The van der Waals surface area contributed by atoms with Crippen molar-refractivity contribution in [2.24, 2.45) is 5.14 Å². The molecule has 0 fully saturated rings. The lowest BCUT2D eigenvalue weighted by molar-refractivity contribution is 0.368. The second-order valence-electron chi connectivity index (χ2n) is 2.82. The van der Waals surface area contributed by atoms with Crippen molar-refractivity contribution in [3.05, 3.63) is 28.8 Å². The molecule has 78 valence electrons. The standard InChI is InChI=1S/C8H9ClFNO2S/c1-5(10)6-3-2-4-7(9)8(6)14(11,12)13/h2-5H,1H3,(H2,11,12,13). The minimum Gasteiger partial charge on any atom is -0.243 e. The Morgan fingerprint density at radius 1 is 1.50 bits per heavy atom. The summed E-state index contributed by atoms with van der Waals surface area (Å²) >= 11 is 5.63. The van der Waals surface area contributed by atoms with Gasteiger partial charge in [-0.2, -0.15) is 0 Å². The van der Waals surface area contributed by atoms with Crippen LogP contribution in [0.3, 0.4) is 0 Å². The second kappa shape index (κ2) is 3.84. The zero-order valence-electron chi connectivity index (χ0n) is 7.37. The van der Waals surface area contributed by atoms with Gasteiger partial charge in [-0.3, -0.25) is 0 Å². The molecule has 0 saturated carbocycles. The number of alkyl halides is 1. The lowest BCUT2D eigenvalue weighted by Crippen LogP contribution is -2.15. The van der Waals surface area contributed by atoms with Crippen LogP contribution in [0.4, 0.5) is 4.39 Å². The van der Waals surface area contributed by atoms with Gasteiger partial charge in [0.15, 0.2) is 0 Å². The fourth-order valence-corrected chi connectivity index (χ4v) is 2.54. The van der Waals surface area contributed by atoms with Crippen LogP contribution < -0.4 is 5.14 Å². The second-order valence-corrected chi connectivity index (χ2v) is 4.72. The summed E-state index contributed by atoms with van der Waals surface area (Å²) in [6.07, 6.45) is -1.43. The van der Waals surface area contributed by atoms with Crippen molar-refractivity contribution in [3.63, 3.8) is 0 Å². The third-order valence-corrected chi connectivity index (χ3v) is 3.16. The zero-order chi connectivity index (χ0) is 10.9. The summed E-state index contributed by atoms with van der Waals surface area (Å²) in [5, 5.41) is 4.86. The van der Waals surface area contributed by atoms with Crippen molar-refractivity contribution in [2.45, 2.75) is 18.0 Å². The SMILES string of the molecule is CC(F)c1cccc(Cl)c1S(N)(=O)=O. The topological polar surface area (TPSA) is 60.2 Å². The Morgan fingerprint density at radius 3 is 2.43 bits per heavy atom. The molecule has 0 saturated heterocycles. The van der Waals surface area contributed by atoms with Crippen molar-refractivity contribution >= 4 is 21.6 Å². The van der Waals surface area contributed by atoms with Gasteiger partial charge in [0.1, 0.15) is 11.1 Å². The number of primary sulfonamides is 1. The average molecular weight is 238 g/mol. The molecule has 1 atom stereocenters. The molecule has 0 aliphatic rings. The number of hydrogen-bond donors (Lipinski definition) is 1. The third kappa shape index (κ3) is 2.23. The normalized spacial score (nSPS) is 14.0. The van der Waals surface area contributed by atoms with Crippen LogP contribution in [0.5, 0.6) is 0 Å². The first-order valence-corrected chi connectivity index (χ1v) is 5.71. The van der Waals surface area contributed by atoms with E-state index in [4.69, 9.17) is 16.7 Å². The Balaban J connectivity index is 3.54. The first-order chi connectivity index (χ1) is 6.34. The molecule has 0 bridgehead atoms. The van der Waals surface area contributed by atoms with Gasteiger partial charge in [0.2, 0.25) is 10.0 Å². The van der Waals surface area contributed by atoms with Crippen LogP contribution in [-0.2, 0) is 10.0 Å². The molecule has 14 heavy (non-hydrogen) atoms. The number of halogens is 2. The number of hydrogen-bond acceptors (Lipinski definition) is 2. The number of sulfonamides is 1. The van der Waals surface area contributed by atoms with Crippen LogP contribution in [0.2, 0.25) is 5.02 Å². The highest BCUT2D eigenvalue weighted by atomic mass is 35.5. The van der Waals surface area contributed by atoms with E-state index >= 15 is 0 Å². The molecule has 1 unspecified atom stereocenters. The number of nitrogens with two attached hydrogens (primary N) is 1. The summed E-state index contributed by atoms with van der Waals surface area (Å²) in [6.45, 7) is 1.22. The zero-order valence-corrected chi connectivity index (χ0v) is 8.94. The summed E-state index contributed by atoms with van der Waals surface area (Å²) in [7, 11) is -3.98. The average Bonchev–Trinajstić information content (AvgIpc) is 2.01. The van der Waals surface area contributed by atoms with E-state index < -0.39 is 16.2 Å². The summed E-state index contributed by atoms with van der Waals surface area (Å²) in [5.74, 6) is 0. The van der Waals surface area contributed by atoms with E-state index in [0.717, 1.165) is 0 Å². The fraction of sp³-hybridized carbons (Fsp3) is 0.250. The van der Waals surface area contributed by atoms with Gasteiger partial charge in [0, 0.05) is 5.56 Å². The van der Waals surface area contributed by atoms with Gasteiger partial charge in [0.25, 0.3) is 0 Å². The molecule has 6 heteroatoms. The molecule has 0 radical (unpaired) electrons. The molecule has 2 N–H and O–H groups in total. The molecular weight excluding hydrogens is 229 g/mol. The van der Waals surface area contributed by atoms with E-state index in [1.165, 1.54) is 25.1 Å². The van der Waals surface area contributed by atoms with Crippen LogP contribution in [0, 0.1) is 0 Å². The Bertz CT molecular complexity index is 445. The molecule has 1 rings (SSSR count). The maximum Gasteiger partial charge on any atom is 0.239 e. The van der Waals surface area contributed by atoms with Crippen LogP contribution in [-0.4, -0.2) is 8.42 Å². The highest BCUT2D eigenvalue weighted by molar-refractivity contribution is 7.89. The smallest absolute Gasteiger partial charge is 0.239 e. The Hall–Kier alpha value is -0.650. The molecule has 0 spiro atoms. The van der Waals surface area contributed by atoms with Gasteiger partial charge in [-0.15, -0.1) is 0 Å². The first kappa shape index (κ1) is 11.4. The molecular formula is C8H9ClFNO2S. The van der Waals surface area contributed by atoms with E-state index in [9.17, 15) is 12.8 Å². The molecule has 0 aromatic heterocycles. The lowest BCUT2D eigenvalue weighted by Gasteiger charge is -2.09. The minimum absolute atomic E-state index is 0.0139. The van der Waals surface area contributed by atoms with E-state index in [2.05, 4.69) is 0 Å². The number of rotatable bonds is 2. The molecule has 0 aliphatic carbocycles. The van der Waals surface area contributed by atoms with Gasteiger partial charge in [0.05, 0.1) is 5.02 Å². The van der Waals surface area contributed by atoms with Gasteiger partial charge in [-0.1, -0.05) is 23.7 Å². The quantitative estimate of drug-likeness (QED) is 0.856. The molecule has 0 heterocycles. The maximum absolute atomic E-state index is 13.0. The Morgan fingerprint density at radius 2 is 2.07 bits per heavy atom. The van der Waals surface area contributed by atoms with Crippen LogP contribution in [0.1, 0.15) is 18.7 Å². The first-order valence-electron chi connectivity index (χ1n) is 3.79. The lowest BCUT2D eigenvalue weighted by atomic mass is 10.1. The largest absolute Gasteiger partial charge is 0.243 e. The van der Waals surface area contributed by atoms with Gasteiger partial charge in [-0.05, 0) is 13.0 Å². The summed E-state index contributed by atoms with van der Waals surface area (Å²) in [4.78, 5) is -0.336. The van der Waals surface area contributed by atoms with Crippen LogP contribution >= 0.6 is 11.6 Å². The van der Waals surface area contributed by atoms with Crippen molar-refractivity contribution < 1.29 is 12.8 Å². The van der Waals surface area contributed by atoms with Gasteiger partial charge < -0.3 is 0 Å². The maximum atomic E-state index is 13.0. The summed E-state index contributed by atoms with van der Waals surface area (Å²) in [5.41, 5.74) is -0.0139. The molecule has 3 nitrogen and oxygen atoms in total. The van der Waals surface area contributed by atoms with E-state index in [-0.39, 0.29) is 15.5 Å². The summed E-state index contributed by atoms with van der Waals surface area (Å²) in [6, 6.07) is 4.17. The Labute approximate surface area is 86.7 Å². The molecule has 1 aromatic rings. The van der Waals surface area contributed by atoms with Crippen molar-refractivity contribution in [1.82, 2.24) is 0 Å². The molecule has 0 amide bonds. The Kier molecular flexibility index (Phi) is 3.14. The van der Waals surface area contributed by atoms with Crippen LogP contribution in [0.15, 0.2) is 23.1 Å². The van der Waals surface area contributed by atoms with Crippen molar-refractivity contribution in [3.8, 4) is 0 Å². The monoisotopic (exact) mass is 237 g/mol. The number of benzene rings is 1. The minimum atomic E-state index is -3.98. The fourth-order valence-electron chi connectivity index (χ4n) is 1.14. The van der Waals surface area contributed by atoms with Gasteiger partial charge >= 0.3 is 0 Å². The van der Waals surface area contributed by atoms with E-state index in [1.807, 2.05) is 0 Å². The van der Waals surface area contributed by atoms with Crippen molar-refractivity contribution in [1.29, 1.82) is 0 Å². The third-order valence-electron chi connectivity index (χ3n) is 1.71. The predicted molar refractivity (Wildman–Crippen MR) is 52.3 cm³/mol.